The number of rotatable bonds is 4. The number of aryl methyl sites for hydroxylation is 1. The molecular weight excluding hydrogens is 384 g/mol. The fourth-order valence-electron chi connectivity index (χ4n) is 4.00. The van der Waals surface area contributed by atoms with Gasteiger partial charge in [-0.25, -0.2) is 0 Å². The van der Waals surface area contributed by atoms with Crippen molar-refractivity contribution in [3.8, 4) is 17.5 Å². The smallest absolute Gasteiger partial charge is 0.230 e. The van der Waals surface area contributed by atoms with Gasteiger partial charge in [0.05, 0.1) is 17.2 Å². The highest BCUT2D eigenvalue weighted by Gasteiger charge is 2.31. The zero-order chi connectivity index (χ0) is 20.0. The summed E-state index contributed by atoms with van der Waals surface area (Å²) in [5, 5.41) is 15.6. The lowest BCUT2D eigenvalue weighted by molar-refractivity contribution is 0.157. The van der Waals surface area contributed by atoms with Crippen LogP contribution in [0.25, 0.3) is 16.5 Å². The largest absolute Gasteiger partial charge is 0.492 e. The van der Waals surface area contributed by atoms with Crippen molar-refractivity contribution >= 4 is 16.3 Å². The molecule has 1 aliphatic heterocycles. The van der Waals surface area contributed by atoms with E-state index in [9.17, 15) is 5.11 Å². The second-order valence-corrected chi connectivity index (χ2v) is 8.94. The Kier molecular flexibility index (Phi) is 4.64. The number of thiazole rings is 1. The summed E-state index contributed by atoms with van der Waals surface area (Å²) < 4.78 is 6.93. The van der Waals surface area contributed by atoms with Gasteiger partial charge in [-0.05, 0) is 56.5 Å². The van der Waals surface area contributed by atoms with Crippen LogP contribution in [0.5, 0.6) is 5.88 Å². The van der Waals surface area contributed by atoms with Crippen molar-refractivity contribution in [2.24, 2.45) is 5.92 Å². The van der Waals surface area contributed by atoms with Crippen LogP contribution in [0.4, 0.5) is 0 Å². The molecule has 1 aliphatic rings. The summed E-state index contributed by atoms with van der Waals surface area (Å²) in [7, 11) is 0. The average molecular weight is 409 g/mol. The molecule has 1 fully saturated rings. The van der Waals surface area contributed by atoms with Crippen LogP contribution in [0.1, 0.15) is 41.8 Å². The normalized spacial score (nSPS) is 17.2. The van der Waals surface area contributed by atoms with E-state index in [2.05, 4.69) is 53.1 Å². The lowest BCUT2D eigenvalue weighted by Gasteiger charge is -2.36. The fourth-order valence-corrected chi connectivity index (χ4v) is 5.12. The minimum Gasteiger partial charge on any atom is -0.492 e. The number of hydrogen-bond donors (Lipinski definition) is 1. The number of likely N-dealkylation sites (tertiary alicyclic amines) is 1. The molecule has 1 N–H and O–H groups in total. The van der Waals surface area contributed by atoms with E-state index in [1.54, 1.807) is 12.3 Å². The molecule has 150 valence electrons. The van der Waals surface area contributed by atoms with E-state index in [1.807, 2.05) is 6.07 Å². The predicted octanol–water partition coefficient (Wildman–Crippen LogP) is 4.89. The van der Waals surface area contributed by atoms with Crippen molar-refractivity contribution in [1.82, 2.24) is 19.5 Å². The molecule has 1 saturated heterocycles. The number of aromatic hydroxyl groups is 1. The molecule has 7 heteroatoms. The first-order valence-electron chi connectivity index (χ1n) is 10.0. The van der Waals surface area contributed by atoms with Gasteiger partial charge in [-0.1, -0.05) is 48.1 Å². The molecule has 4 heterocycles. The number of hydrogen-bond acceptors (Lipinski definition) is 6. The number of furan rings is 1. The number of piperidine rings is 1. The molecule has 0 aliphatic carbocycles. The van der Waals surface area contributed by atoms with Crippen LogP contribution in [0.2, 0.25) is 0 Å². The van der Waals surface area contributed by atoms with E-state index in [4.69, 9.17) is 4.42 Å². The van der Waals surface area contributed by atoms with Gasteiger partial charge < -0.3 is 9.52 Å². The summed E-state index contributed by atoms with van der Waals surface area (Å²) >= 11 is 1.50. The minimum atomic E-state index is 0.00339. The van der Waals surface area contributed by atoms with Gasteiger partial charge in [0.2, 0.25) is 16.7 Å². The van der Waals surface area contributed by atoms with E-state index in [1.165, 1.54) is 39.8 Å². The van der Waals surface area contributed by atoms with E-state index < -0.39 is 0 Å². The molecule has 5 rings (SSSR count). The average Bonchev–Trinajstić information content (AvgIpc) is 3.44. The summed E-state index contributed by atoms with van der Waals surface area (Å²) in [6.45, 7) is 6.45. The van der Waals surface area contributed by atoms with Gasteiger partial charge in [0.25, 0.3) is 0 Å². The summed E-state index contributed by atoms with van der Waals surface area (Å²) in [6.07, 6.45) is 3.94. The first-order valence-corrected chi connectivity index (χ1v) is 10.8. The van der Waals surface area contributed by atoms with Gasteiger partial charge >= 0.3 is 0 Å². The van der Waals surface area contributed by atoms with Crippen molar-refractivity contribution in [1.29, 1.82) is 0 Å². The first kappa shape index (κ1) is 18.4. The molecule has 1 aromatic carbocycles. The van der Waals surface area contributed by atoms with Crippen LogP contribution in [-0.4, -0.2) is 37.7 Å². The highest BCUT2D eigenvalue weighted by atomic mass is 32.1. The lowest BCUT2D eigenvalue weighted by atomic mass is 9.95. The maximum atomic E-state index is 11.1. The van der Waals surface area contributed by atoms with Gasteiger partial charge in [0, 0.05) is 0 Å². The molecule has 0 spiro atoms. The Morgan fingerprint density at radius 2 is 1.93 bits per heavy atom. The zero-order valence-electron chi connectivity index (χ0n) is 16.6. The Bertz CT molecular complexity index is 1110. The molecule has 0 amide bonds. The highest BCUT2D eigenvalue weighted by molar-refractivity contribution is 7.17. The minimum absolute atomic E-state index is 0.00339. The number of aromatic nitrogens is 3. The molecule has 0 bridgehead atoms. The zero-order valence-corrected chi connectivity index (χ0v) is 17.4. The van der Waals surface area contributed by atoms with Crippen LogP contribution in [0.15, 0.2) is 47.1 Å². The predicted molar refractivity (Wildman–Crippen MR) is 113 cm³/mol. The van der Waals surface area contributed by atoms with Gasteiger partial charge in [-0.15, -0.1) is 5.10 Å². The van der Waals surface area contributed by atoms with E-state index in [0.717, 1.165) is 23.9 Å². The molecule has 3 aromatic heterocycles. The van der Waals surface area contributed by atoms with Crippen LogP contribution in [0, 0.1) is 12.8 Å². The van der Waals surface area contributed by atoms with Gasteiger partial charge in [0.15, 0.2) is 5.76 Å². The SMILES string of the molecule is Cc1ccc([C@@H](c2sc3nc(-c4ccco4)nn3c2O)N2CCC(C)CC2)cc1. The Morgan fingerprint density at radius 3 is 2.59 bits per heavy atom. The second-order valence-electron chi connectivity index (χ2n) is 7.93. The summed E-state index contributed by atoms with van der Waals surface area (Å²) in [4.78, 5) is 8.62. The number of nitrogens with zero attached hydrogens (tertiary/aromatic N) is 4. The number of benzene rings is 1. The first-order chi connectivity index (χ1) is 14.1. The molecule has 29 heavy (non-hydrogen) atoms. The Balaban J connectivity index is 1.57. The molecule has 4 aromatic rings. The lowest BCUT2D eigenvalue weighted by Crippen LogP contribution is -2.36. The molecule has 1 atom stereocenters. The van der Waals surface area contributed by atoms with Crippen LogP contribution < -0.4 is 0 Å². The van der Waals surface area contributed by atoms with Gasteiger partial charge in [0.1, 0.15) is 0 Å². The quantitative estimate of drug-likeness (QED) is 0.521. The van der Waals surface area contributed by atoms with E-state index >= 15 is 0 Å². The van der Waals surface area contributed by atoms with Crippen molar-refractivity contribution in [3.63, 3.8) is 0 Å². The third kappa shape index (κ3) is 3.34. The standard InChI is InChI=1S/C22H24N4O2S/c1-14-5-7-16(8-6-14)18(25-11-9-15(2)10-12-25)19-21(27)26-22(29-19)23-20(24-26)17-4-3-13-28-17/h3-8,13,15,18,27H,9-12H2,1-2H3/t18-/m0/s1. The maximum absolute atomic E-state index is 11.1. The van der Waals surface area contributed by atoms with Gasteiger partial charge in [-0.2, -0.15) is 9.50 Å². The topological polar surface area (TPSA) is 66.8 Å². The summed E-state index contributed by atoms with van der Waals surface area (Å²) in [5.74, 6) is 2.00. The molecule has 6 nitrogen and oxygen atoms in total. The van der Waals surface area contributed by atoms with Crippen molar-refractivity contribution in [2.75, 3.05) is 13.1 Å². The fraction of sp³-hybridized carbons (Fsp3) is 0.364. The third-order valence-electron chi connectivity index (χ3n) is 5.77. The third-order valence-corrected chi connectivity index (χ3v) is 6.84. The van der Waals surface area contributed by atoms with E-state index in [0.29, 0.717) is 16.5 Å². The molecule has 0 unspecified atom stereocenters. The summed E-state index contributed by atoms with van der Waals surface area (Å²) in [5.41, 5.74) is 2.42. The van der Waals surface area contributed by atoms with Crippen LogP contribution in [0.3, 0.4) is 0 Å². The van der Waals surface area contributed by atoms with Crippen molar-refractivity contribution in [3.05, 3.63) is 58.7 Å². The maximum Gasteiger partial charge on any atom is 0.230 e. The van der Waals surface area contributed by atoms with Crippen LogP contribution in [-0.2, 0) is 0 Å². The second kappa shape index (κ2) is 7.31. The highest BCUT2D eigenvalue weighted by Crippen LogP contribution is 2.41. The Morgan fingerprint density at radius 1 is 1.17 bits per heavy atom. The Hall–Kier alpha value is -2.64. The van der Waals surface area contributed by atoms with Crippen molar-refractivity contribution < 1.29 is 9.52 Å². The molecule has 0 saturated carbocycles. The monoisotopic (exact) mass is 408 g/mol. The number of fused-ring (bicyclic) bond motifs is 1. The summed E-state index contributed by atoms with van der Waals surface area (Å²) in [6, 6.07) is 12.2. The van der Waals surface area contributed by atoms with Crippen molar-refractivity contribution in [2.45, 2.75) is 32.7 Å². The molecule has 0 radical (unpaired) electrons. The van der Waals surface area contributed by atoms with Crippen LogP contribution >= 0.6 is 11.3 Å². The van der Waals surface area contributed by atoms with Gasteiger partial charge in [-0.3, -0.25) is 4.90 Å². The molecular formula is C22H24N4O2S. The van der Waals surface area contributed by atoms with E-state index in [-0.39, 0.29) is 11.9 Å². The Labute approximate surface area is 173 Å².